The van der Waals surface area contributed by atoms with E-state index in [9.17, 15) is 4.79 Å². The van der Waals surface area contributed by atoms with Crippen molar-refractivity contribution < 1.29 is 45.5 Å². The van der Waals surface area contributed by atoms with Gasteiger partial charge in [-0.25, -0.2) is 0 Å². The van der Waals surface area contributed by atoms with Crippen LogP contribution in [0.1, 0.15) is 96.8 Å². The molecule has 0 unspecified atom stereocenters. The summed E-state index contributed by atoms with van der Waals surface area (Å²) in [7, 11) is 0. The monoisotopic (exact) mass is 395 g/mol. The zero-order valence-corrected chi connectivity index (χ0v) is 16.5. The Morgan fingerprint density at radius 2 is 1.00 bits per heavy atom. The molecule has 3 heteroatoms. The van der Waals surface area contributed by atoms with E-state index in [1.807, 2.05) is 0 Å². The Balaban J connectivity index is 0. The van der Waals surface area contributed by atoms with E-state index in [1.54, 1.807) is 0 Å². The Morgan fingerprint density at radius 3 is 1.32 bits per heavy atom. The average molecular weight is 395 g/mol. The Labute approximate surface area is 147 Å². The fourth-order valence-electron chi connectivity index (χ4n) is 2.29. The zero-order chi connectivity index (χ0) is 13.5. The van der Waals surface area contributed by atoms with Gasteiger partial charge in [0, 0.05) is 42.0 Å². The van der Waals surface area contributed by atoms with E-state index in [1.165, 1.54) is 70.6 Å². The third-order valence-electron chi connectivity index (χ3n) is 3.49. The van der Waals surface area contributed by atoms with Crippen molar-refractivity contribution in [1.29, 1.82) is 0 Å². The number of carbonyl (C=O) groups is 1. The number of unbranched alkanes of at least 4 members (excludes halogenated alkanes) is 12. The summed E-state index contributed by atoms with van der Waals surface area (Å²) in [4.78, 5) is 10.3. The van der Waals surface area contributed by atoms with Crippen LogP contribution in [0.15, 0.2) is 0 Å². The van der Waals surface area contributed by atoms with E-state index in [0.717, 1.165) is 12.8 Å². The van der Waals surface area contributed by atoms with Gasteiger partial charge in [-0.05, 0) is 6.42 Å². The second-order valence-electron chi connectivity index (χ2n) is 5.39. The molecule has 0 aromatic rings. The normalized spacial score (nSPS) is 10.2. The molecule has 0 amide bonds. The van der Waals surface area contributed by atoms with Crippen LogP contribution in [0.2, 0.25) is 0 Å². The van der Waals surface area contributed by atoms with Gasteiger partial charge in [-0.2, -0.15) is 0 Å². The first-order chi connectivity index (χ1) is 8.77. The van der Waals surface area contributed by atoms with Gasteiger partial charge < -0.3 is 5.11 Å². The SMILES string of the molecule is CCCCCCCCCCCCCCCC(=O)O.[La]. The van der Waals surface area contributed by atoms with E-state index >= 15 is 0 Å². The van der Waals surface area contributed by atoms with Gasteiger partial charge in [-0.15, -0.1) is 0 Å². The molecule has 0 saturated heterocycles. The molecule has 0 spiro atoms. The van der Waals surface area contributed by atoms with Crippen LogP contribution < -0.4 is 0 Å². The quantitative estimate of drug-likeness (QED) is 0.392. The van der Waals surface area contributed by atoms with E-state index in [0.29, 0.717) is 6.42 Å². The standard InChI is InChI=1S/C16H32O2.La/c1-2-3-4-5-6-7-8-9-10-11-12-13-14-15-16(17)18;/h2-15H2,1H3,(H,17,18);. The van der Waals surface area contributed by atoms with Gasteiger partial charge in [0.15, 0.2) is 0 Å². The summed E-state index contributed by atoms with van der Waals surface area (Å²) in [5.41, 5.74) is 0. The van der Waals surface area contributed by atoms with Crippen molar-refractivity contribution in [3.8, 4) is 0 Å². The minimum Gasteiger partial charge on any atom is -0.481 e. The van der Waals surface area contributed by atoms with Gasteiger partial charge >= 0.3 is 5.97 Å². The number of aliphatic carboxylic acids is 1. The third kappa shape index (κ3) is 21.1. The summed E-state index contributed by atoms with van der Waals surface area (Å²) in [6.07, 6.45) is 17.3. The Hall–Kier alpha value is 0.665. The first kappa shape index (κ1) is 22.0. The van der Waals surface area contributed by atoms with Crippen molar-refractivity contribution in [2.75, 3.05) is 0 Å². The molecule has 0 fully saturated rings. The van der Waals surface area contributed by atoms with E-state index in [2.05, 4.69) is 6.92 Å². The van der Waals surface area contributed by atoms with E-state index in [-0.39, 0.29) is 35.6 Å². The number of hydrogen-bond acceptors (Lipinski definition) is 1. The van der Waals surface area contributed by atoms with Crippen LogP contribution in [-0.4, -0.2) is 11.1 Å². The molecule has 2 nitrogen and oxygen atoms in total. The zero-order valence-electron chi connectivity index (χ0n) is 12.8. The average Bonchev–Trinajstić information content (AvgIpc) is 2.34. The molecule has 0 aliphatic rings. The molecule has 0 saturated carbocycles. The Bertz CT molecular complexity index is 184. The minimum atomic E-state index is -0.655. The van der Waals surface area contributed by atoms with Crippen molar-refractivity contribution in [2.24, 2.45) is 0 Å². The van der Waals surface area contributed by atoms with Crippen LogP contribution in [0.3, 0.4) is 0 Å². The van der Waals surface area contributed by atoms with Crippen molar-refractivity contribution in [3.05, 3.63) is 0 Å². The number of hydrogen-bond donors (Lipinski definition) is 1. The summed E-state index contributed by atoms with van der Waals surface area (Å²) in [6, 6.07) is 0. The number of rotatable bonds is 14. The number of carboxylic acids is 1. The van der Waals surface area contributed by atoms with Gasteiger partial charge in [0.25, 0.3) is 0 Å². The summed E-state index contributed by atoms with van der Waals surface area (Å²) in [5, 5.41) is 8.49. The molecule has 0 bridgehead atoms. The van der Waals surface area contributed by atoms with Gasteiger partial charge in [0.2, 0.25) is 0 Å². The Kier molecular flexibility index (Phi) is 21.6. The van der Waals surface area contributed by atoms with Gasteiger partial charge in [0.1, 0.15) is 0 Å². The molecular formula is C16H32LaO2. The van der Waals surface area contributed by atoms with Gasteiger partial charge in [-0.3, -0.25) is 4.79 Å². The molecule has 1 radical (unpaired) electrons. The fraction of sp³-hybridized carbons (Fsp3) is 0.938. The number of carboxylic acid groups (broad SMARTS) is 1. The molecule has 0 heterocycles. The predicted octanol–water partition coefficient (Wildman–Crippen LogP) is 5.55. The summed E-state index contributed by atoms with van der Waals surface area (Å²) in [6.45, 7) is 2.26. The van der Waals surface area contributed by atoms with Crippen LogP contribution in [-0.2, 0) is 4.79 Å². The molecule has 1 N–H and O–H groups in total. The second kappa shape index (κ2) is 18.7. The van der Waals surface area contributed by atoms with Gasteiger partial charge in [0.05, 0.1) is 0 Å². The summed E-state index contributed by atoms with van der Waals surface area (Å²) >= 11 is 0. The van der Waals surface area contributed by atoms with Crippen molar-refractivity contribution >= 4 is 5.97 Å². The fourth-order valence-corrected chi connectivity index (χ4v) is 2.29. The molecule has 111 valence electrons. The minimum absolute atomic E-state index is 0. The van der Waals surface area contributed by atoms with Crippen molar-refractivity contribution in [1.82, 2.24) is 0 Å². The van der Waals surface area contributed by atoms with Crippen molar-refractivity contribution in [3.63, 3.8) is 0 Å². The molecule has 0 aromatic heterocycles. The third-order valence-corrected chi connectivity index (χ3v) is 3.49. The van der Waals surface area contributed by atoms with Crippen LogP contribution >= 0.6 is 0 Å². The molecule has 0 aliphatic heterocycles. The van der Waals surface area contributed by atoms with Crippen molar-refractivity contribution in [2.45, 2.75) is 96.8 Å². The van der Waals surface area contributed by atoms with E-state index in [4.69, 9.17) is 5.11 Å². The maximum Gasteiger partial charge on any atom is 0.303 e. The molecule has 0 aliphatic carbocycles. The first-order valence-corrected chi connectivity index (χ1v) is 7.99. The van der Waals surface area contributed by atoms with Crippen LogP contribution in [0.25, 0.3) is 0 Å². The summed E-state index contributed by atoms with van der Waals surface area (Å²) < 4.78 is 0. The van der Waals surface area contributed by atoms with Crippen LogP contribution in [0.5, 0.6) is 0 Å². The van der Waals surface area contributed by atoms with Gasteiger partial charge in [-0.1, -0.05) is 84.0 Å². The second-order valence-corrected chi connectivity index (χ2v) is 5.39. The smallest absolute Gasteiger partial charge is 0.303 e. The topological polar surface area (TPSA) is 37.3 Å². The molecule has 0 aromatic carbocycles. The first-order valence-electron chi connectivity index (χ1n) is 7.99. The summed E-state index contributed by atoms with van der Waals surface area (Å²) in [5.74, 6) is -0.655. The predicted molar refractivity (Wildman–Crippen MR) is 77.9 cm³/mol. The Morgan fingerprint density at radius 1 is 0.684 bits per heavy atom. The maximum absolute atomic E-state index is 10.3. The van der Waals surface area contributed by atoms with Crippen LogP contribution in [0.4, 0.5) is 0 Å². The molecule has 0 atom stereocenters. The van der Waals surface area contributed by atoms with Crippen LogP contribution in [0, 0.1) is 35.6 Å². The molecule has 19 heavy (non-hydrogen) atoms. The largest absolute Gasteiger partial charge is 0.481 e. The molecular weight excluding hydrogens is 363 g/mol. The maximum atomic E-state index is 10.3. The molecule has 0 rings (SSSR count). The van der Waals surface area contributed by atoms with E-state index < -0.39 is 5.97 Å².